The zero-order valence-corrected chi connectivity index (χ0v) is 16.3. The highest BCUT2D eigenvalue weighted by molar-refractivity contribution is 5.90. The van der Waals surface area contributed by atoms with E-state index in [1.54, 1.807) is 4.90 Å². The second kappa shape index (κ2) is 5.73. The molecule has 3 rings (SSSR count). The van der Waals surface area contributed by atoms with Crippen LogP contribution in [0.1, 0.15) is 65.5 Å². The van der Waals surface area contributed by atoms with Crippen molar-refractivity contribution < 1.29 is 14.6 Å². The van der Waals surface area contributed by atoms with Crippen molar-refractivity contribution in [3.05, 3.63) is 29.3 Å². The Morgan fingerprint density at radius 3 is 2.56 bits per heavy atom. The highest BCUT2D eigenvalue weighted by atomic mass is 16.6. The first kappa shape index (κ1) is 18.2. The fraction of sp³-hybridized carbons (Fsp3) is 0.667. The molecule has 1 aromatic rings. The fourth-order valence-corrected chi connectivity index (χ4v) is 3.89. The minimum absolute atomic E-state index is 0.0177. The third kappa shape index (κ3) is 3.29. The molecule has 1 N–H and O–H groups in total. The molecule has 25 heavy (non-hydrogen) atoms. The van der Waals surface area contributed by atoms with Crippen molar-refractivity contribution in [2.24, 2.45) is 5.92 Å². The van der Waals surface area contributed by atoms with Crippen LogP contribution in [0, 0.1) is 5.92 Å². The van der Waals surface area contributed by atoms with Crippen LogP contribution >= 0.6 is 0 Å². The first-order valence-corrected chi connectivity index (χ1v) is 9.24. The van der Waals surface area contributed by atoms with Gasteiger partial charge in [-0.05, 0) is 67.6 Å². The summed E-state index contributed by atoms with van der Waals surface area (Å²) in [5.41, 5.74) is 3.01. The van der Waals surface area contributed by atoms with E-state index in [1.807, 2.05) is 20.8 Å². The average Bonchev–Trinajstić information content (AvgIpc) is 3.17. The van der Waals surface area contributed by atoms with Gasteiger partial charge in [-0.15, -0.1) is 0 Å². The van der Waals surface area contributed by atoms with Crippen LogP contribution in [0.4, 0.5) is 10.5 Å². The lowest BCUT2D eigenvalue weighted by atomic mass is 9.76. The second-order valence-corrected chi connectivity index (χ2v) is 9.50. The van der Waals surface area contributed by atoms with Gasteiger partial charge >= 0.3 is 6.09 Å². The first-order valence-electron chi connectivity index (χ1n) is 9.24. The van der Waals surface area contributed by atoms with Crippen molar-refractivity contribution in [2.75, 3.05) is 18.1 Å². The van der Waals surface area contributed by atoms with E-state index in [-0.39, 0.29) is 23.5 Å². The summed E-state index contributed by atoms with van der Waals surface area (Å²) in [4.78, 5) is 14.4. The fourth-order valence-electron chi connectivity index (χ4n) is 3.89. The minimum atomic E-state index is -0.500. The summed E-state index contributed by atoms with van der Waals surface area (Å²) in [6.45, 7) is 13.3. The second-order valence-electron chi connectivity index (χ2n) is 9.50. The molecule has 1 aliphatic carbocycles. The molecule has 138 valence electrons. The maximum Gasteiger partial charge on any atom is 0.414 e. The van der Waals surface area contributed by atoms with Gasteiger partial charge in [0.1, 0.15) is 5.60 Å². The number of aliphatic hydroxyl groups is 1. The van der Waals surface area contributed by atoms with Crippen LogP contribution in [0.2, 0.25) is 0 Å². The first-order chi connectivity index (χ1) is 11.5. The summed E-state index contributed by atoms with van der Waals surface area (Å²) in [5, 5.41) is 9.50. The molecule has 4 nitrogen and oxygen atoms in total. The Labute approximate surface area is 151 Å². The number of rotatable bonds is 2. The number of ether oxygens (including phenoxy) is 1. The van der Waals surface area contributed by atoms with E-state index in [4.69, 9.17) is 4.74 Å². The Hall–Kier alpha value is -1.55. The van der Waals surface area contributed by atoms with Crippen molar-refractivity contribution in [1.29, 1.82) is 0 Å². The molecule has 1 aromatic carbocycles. The molecule has 0 bridgehead atoms. The number of benzene rings is 1. The Kier molecular flexibility index (Phi) is 4.18. The molecule has 2 aliphatic rings. The number of hydrogen-bond donors (Lipinski definition) is 1. The van der Waals surface area contributed by atoms with Crippen molar-refractivity contribution in [2.45, 2.75) is 70.8 Å². The standard InChI is InChI=1S/C21H31NO3/c1-19(2,3)25-18(24)22-10-9-20(4,5)16-11-14(7-8-17(16)22)21(6)12-15(21)13-23/h7-8,11,15,23H,9-10,12-13H2,1-6H3/t15-,21?/m1/s1. The van der Waals surface area contributed by atoms with Gasteiger partial charge in [0.2, 0.25) is 0 Å². The average molecular weight is 345 g/mol. The number of carbonyl (C=O) groups excluding carboxylic acids is 1. The molecule has 4 heteroatoms. The highest BCUT2D eigenvalue weighted by Crippen LogP contribution is 2.55. The van der Waals surface area contributed by atoms with Crippen LogP contribution in [-0.2, 0) is 15.6 Å². The lowest BCUT2D eigenvalue weighted by Crippen LogP contribution is -2.43. The predicted molar refractivity (Wildman–Crippen MR) is 100 cm³/mol. The molecule has 0 aromatic heterocycles. The Morgan fingerprint density at radius 2 is 2.00 bits per heavy atom. The van der Waals surface area contributed by atoms with Crippen molar-refractivity contribution >= 4 is 11.8 Å². The van der Waals surface area contributed by atoms with Gasteiger partial charge < -0.3 is 9.84 Å². The summed E-state index contributed by atoms with van der Waals surface area (Å²) in [6, 6.07) is 6.43. The third-order valence-electron chi connectivity index (χ3n) is 5.88. The largest absolute Gasteiger partial charge is 0.443 e. The topological polar surface area (TPSA) is 49.8 Å². The van der Waals surface area contributed by atoms with Gasteiger partial charge in [-0.3, -0.25) is 4.90 Å². The molecular formula is C21H31NO3. The van der Waals surface area contributed by atoms with E-state index < -0.39 is 5.60 Å². The Balaban J connectivity index is 1.97. The summed E-state index contributed by atoms with van der Waals surface area (Å²) in [6.07, 6.45) is 1.66. The van der Waals surface area contributed by atoms with E-state index in [1.165, 1.54) is 11.1 Å². The lowest BCUT2D eigenvalue weighted by molar-refractivity contribution is 0.0574. The lowest BCUT2D eigenvalue weighted by Gasteiger charge is -2.40. The molecule has 0 saturated heterocycles. The summed E-state index contributed by atoms with van der Waals surface area (Å²) in [7, 11) is 0. The Morgan fingerprint density at radius 1 is 1.32 bits per heavy atom. The number of nitrogens with zero attached hydrogens (tertiary/aromatic N) is 1. The molecule has 1 amide bonds. The van der Waals surface area contributed by atoms with Crippen LogP contribution < -0.4 is 4.90 Å². The van der Waals surface area contributed by atoms with E-state index in [9.17, 15) is 9.90 Å². The number of amides is 1. The molecule has 1 heterocycles. The zero-order chi connectivity index (χ0) is 18.6. The smallest absolute Gasteiger partial charge is 0.414 e. The highest BCUT2D eigenvalue weighted by Gasteiger charge is 2.51. The molecular weight excluding hydrogens is 314 g/mol. The van der Waals surface area contributed by atoms with Crippen LogP contribution in [0.25, 0.3) is 0 Å². The van der Waals surface area contributed by atoms with E-state index >= 15 is 0 Å². The van der Waals surface area contributed by atoms with Crippen LogP contribution in [0.15, 0.2) is 18.2 Å². The normalized spacial score (nSPS) is 27.6. The van der Waals surface area contributed by atoms with Crippen LogP contribution in [0.3, 0.4) is 0 Å². The summed E-state index contributed by atoms with van der Waals surface area (Å²) >= 11 is 0. The van der Waals surface area contributed by atoms with E-state index in [2.05, 4.69) is 39.0 Å². The third-order valence-corrected chi connectivity index (χ3v) is 5.88. The molecule has 1 saturated carbocycles. The number of carbonyl (C=O) groups is 1. The molecule has 1 aliphatic heterocycles. The molecule has 0 radical (unpaired) electrons. The SMILES string of the molecule is CC(C)(C)OC(=O)N1CCC(C)(C)c2cc(C3(C)C[C@@H]3CO)ccc21. The van der Waals surface area contributed by atoms with Gasteiger partial charge in [-0.25, -0.2) is 4.79 Å². The molecule has 1 fully saturated rings. The van der Waals surface area contributed by atoms with Gasteiger partial charge in [0.25, 0.3) is 0 Å². The molecule has 1 unspecified atom stereocenters. The number of hydrogen-bond acceptors (Lipinski definition) is 3. The monoisotopic (exact) mass is 345 g/mol. The predicted octanol–water partition coefficient (Wildman–Crippen LogP) is 4.38. The summed E-state index contributed by atoms with van der Waals surface area (Å²) in [5.74, 6) is 0.346. The van der Waals surface area contributed by atoms with E-state index in [0.717, 1.165) is 18.5 Å². The minimum Gasteiger partial charge on any atom is -0.443 e. The van der Waals surface area contributed by atoms with Crippen molar-refractivity contribution in [1.82, 2.24) is 0 Å². The van der Waals surface area contributed by atoms with Crippen LogP contribution in [-0.4, -0.2) is 30.0 Å². The maximum atomic E-state index is 12.7. The molecule has 0 spiro atoms. The van der Waals surface area contributed by atoms with Crippen molar-refractivity contribution in [3.8, 4) is 0 Å². The number of aliphatic hydroxyl groups excluding tert-OH is 1. The van der Waals surface area contributed by atoms with Gasteiger partial charge in [0, 0.05) is 13.2 Å². The van der Waals surface area contributed by atoms with Crippen LogP contribution in [0.5, 0.6) is 0 Å². The van der Waals surface area contributed by atoms with Crippen molar-refractivity contribution in [3.63, 3.8) is 0 Å². The van der Waals surface area contributed by atoms with Gasteiger partial charge in [-0.1, -0.05) is 32.9 Å². The maximum absolute atomic E-state index is 12.7. The Bertz CT molecular complexity index is 689. The number of fused-ring (bicyclic) bond motifs is 1. The van der Waals surface area contributed by atoms with Gasteiger partial charge in [0.05, 0.1) is 5.69 Å². The van der Waals surface area contributed by atoms with Gasteiger partial charge in [0.15, 0.2) is 0 Å². The van der Waals surface area contributed by atoms with Gasteiger partial charge in [-0.2, -0.15) is 0 Å². The summed E-state index contributed by atoms with van der Waals surface area (Å²) < 4.78 is 5.60. The number of anilines is 1. The zero-order valence-electron chi connectivity index (χ0n) is 16.3. The van der Waals surface area contributed by atoms with E-state index in [0.29, 0.717) is 12.5 Å². The molecule has 2 atom stereocenters. The quantitative estimate of drug-likeness (QED) is 0.865.